The van der Waals surface area contributed by atoms with Gasteiger partial charge in [0.1, 0.15) is 24.4 Å². The number of hydrogen-bond donors (Lipinski definition) is 0. The van der Waals surface area contributed by atoms with Crippen molar-refractivity contribution in [3.05, 3.63) is 0 Å². The maximum absolute atomic E-state index is 6.24. The zero-order valence-corrected chi connectivity index (χ0v) is 16.7. The van der Waals surface area contributed by atoms with E-state index >= 15 is 0 Å². The lowest BCUT2D eigenvalue weighted by Crippen LogP contribution is -2.35. The molecule has 4 rings (SSSR count). The summed E-state index contributed by atoms with van der Waals surface area (Å²) >= 11 is 0. The first kappa shape index (κ1) is 19.2. The van der Waals surface area contributed by atoms with Gasteiger partial charge in [-0.2, -0.15) is 0 Å². The fourth-order valence-corrected chi connectivity index (χ4v) is 5.23. The summed E-state index contributed by atoms with van der Waals surface area (Å²) in [6, 6.07) is 0. The molecule has 4 aliphatic rings. The van der Waals surface area contributed by atoms with Crippen LogP contribution < -0.4 is 0 Å². The van der Waals surface area contributed by atoms with Gasteiger partial charge in [-0.05, 0) is 49.4 Å². The number of ether oxygens (including phenoxy) is 4. The lowest BCUT2D eigenvalue weighted by molar-refractivity contribution is -0.0652. The van der Waals surface area contributed by atoms with Crippen LogP contribution in [0.2, 0.25) is 0 Å². The smallest absolute Gasteiger partial charge is 0.115 e. The van der Waals surface area contributed by atoms with Crippen LogP contribution in [0.5, 0.6) is 0 Å². The monoisotopic (exact) mass is 366 g/mol. The third-order valence-corrected chi connectivity index (χ3v) is 7.33. The van der Waals surface area contributed by atoms with Crippen molar-refractivity contribution in [2.24, 2.45) is 23.7 Å². The fraction of sp³-hybridized carbons (Fsp3) is 1.00. The molecule has 4 unspecified atom stereocenters. The van der Waals surface area contributed by atoms with E-state index in [1.165, 1.54) is 51.4 Å². The minimum Gasteiger partial charge on any atom is -0.373 e. The molecule has 26 heavy (non-hydrogen) atoms. The number of rotatable bonds is 6. The molecular weight excluding hydrogens is 328 g/mol. The first-order valence-electron chi connectivity index (χ1n) is 11.2. The van der Waals surface area contributed by atoms with E-state index in [1.54, 1.807) is 0 Å². The van der Waals surface area contributed by atoms with Crippen LogP contribution in [0.3, 0.4) is 0 Å². The molecule has 0 radical (unpaired) electrons. The van der Waals surface area contributed by atoms with Crippen molar-refractivity contribution in [2.45, 2.75) is 89.6 Å². The fourth-order valence-electron chi connectivity index (χ4n) is 5.23. The Morgan fingerprint density at radius 3 is 1.38 bits per heavy atom. The maximum atomic E-state index is 6.24. The van der Waals surface area contributed by atoms with E-state index in [-0.39, 0.29) is 24.4 Å². The van der Waals surface area contributed by atoms with Crippen molar-refractivity contribution < 1.29 is 18.9 Å². The van der Waals surface area contributed by atoms with E-state index < -0.39 is 0 Å². The van der Waals surface area contributed by atoms with Crippen LogP contribution in [0.25, 0.3) is 0 Å². The van der Waals surface area contributed by atoms with Gasteiger partial charge in [0.05, 0.1) is 26.4 Å². The highest BCUT2D eigenvalue weighted by atomic mass is 16.6. The van der Waals surface area contributed by atoms with Gasteiger partial charge in [0.2, 0.25) is 0 Å². The van der Waals surface area contributed by atoms with Crippen LogP contribution in [0.1, 0.15) is 65.2 Å². The second-order valence-corrected chi connectivity index (χ2v) is 9.59. The lowest BCUT2D eigenvalue weighted by Gasteiger charge is -2.27. The Bertz CT molecular complexity index is 386. The first-order chi connectivity index (χ1) is 12.7. The second-order valence-electron chi connectivity index (χ2n) is 9.59. The van der Waals surface area contributed by atoms with E-state index in [1.807, 2.05) is 0 Å². The van der Waals surface area contributed by atoms with E-state index in [2.05, 4.69) is 13.8 Å². The molecule has 0 N–H and O–H groups in total. The zero-order chi connectivity index (χ0) is 17.9. The molecule has 0 aromatic rings. The summed E-state index contributed by atoms with van der Waals surface area (Å²) in [5.41, 5.74) is 0. The summed E-state index contributed by atoms with van der Waals surface area (Å²) < 4.78 is 24.6. The van der Waals surface area contributed by atoms with Crippen molar-refractivity contribution in [1.82, 2.24) is 0 Å². The molecule has 0 amide bonds. The van der Waals surface area contributed by atoms with Crippen LogP contribution in [-0.4, -0.2) is 50.8 Å². The molecule has 0 aromatic heterocycles. The SMILES string of the molecule is CC1CCC(COC2COC3C(OCC4CCC(C)CC4)COC23)CC1. The predicted molar refractivity (Wildman–Crippen MR) is 101 cm³/mol. The normalized spacial score (nSPS) is 46.4. The summed E-state index contributed by atoms with van der Waals surface area (Å²) in [5.74, 6) is 3.25. The molecule has 2 saturated carbocycles. The Kier molecular flexibility index (Phi) is 6.56. The van der Waals surface area contributed by atoms with Crippen LogP contribution in [0, 0.1) is 23.7 Å². The molecule has 2 saturated heterocycles. The summed E-state index contributed by atoms with van der Waals surface area (Å²) in [7, 11) is 0. The first-order valence-corrected chi connectivity index (χ1v) is 11.2. The molecule has 2 aliphatic heterocycles. The standard InChI is InChI=1S/C22H38O4/c1-15-3-7-17(8-4-15)11-23-19-13-25-22-20(14-26-21(19)22)24-12-18-9-5-16(2)6-10-18/h15-22H,3-14H2,1-2H3. The highest BCUT2D eigenvalue weighted by Crippen LogP contribution is 2.34. The minimum atomic E-state index is 0.0777. The quantitative estimate of drug-likeness (QED) is 0.706. The van der Waals surface area contributed by atoms with Gasteiger partial charge in [0.15, 0.2) is 0 Å². The van der Waals surface area contributed by atoms with Gasteiger partial charge in [0, 0.05) is 0 Å². The minimum absolute atomic E-state index is 0.0777. The Morgan fingerprint density at radius 2 is 1.00 bits per heavy atom. The maximum Gasteiger partial charge on any atom is 0.115 e. The number of fused-ring (bicyclic) bond motifs is 1. The van der Waals surface area contributed by atoms with Gasteiger partial charge in [-0.1, -0.05) is 39.5 Å². The Morgan fingerprint density at radius 1 is 0.615 bits per heavy atom. The third-order valence-electron chi connectivity index (χ3n) is 7.33. The Hall–Kier alpha value is -0.160. The average molecular weight is 367 g/mol. The van der Waals surface area contributed by atoms with Crippen molar-refractivity contribution in [3.63, 3.8) is 0 Å². The van der Waals surface area contributed by atoms with E-state index in [4.69, 9.17) is 18.9 Å². The van der Waals surface area contributed by atoms with Crippen molar-refractivity contribution in [2.75, 3.05) is 26.4 Å². The highest BCUT2D eigenvalue weighted by Gasteiger charge is 2.49. The summed E-state index contributed by atoms with van der Waals surface area (Å²) in [6.45, 7) is 7.82. The van der Waals surface area contributed by atoms with E-state index in [0.29, 0.717) is 13.2 Å². The summed E-state index contributed by atoms with van der Waals surface area (Å²) in [5, 5.41) is 0. The topological polar surface area (TPSA) is 36.9 Å². The van der Waals surface area contributed by atoms with Crippen LogP contribution in [0.15, 0.2) is 0 Å². The molecule has 4 atom stereocenters. The van der Waals surface area contributed by atoms with Gasteiger partial charge in [0.25, 0.3) is 0 Å². The molecule has 0 bridgehead atoms. The molecule has 4 heteroatoms. The Labute approximate surface area is 159 Å². The Balaban J connectivity index is 1.18. The molecule has 4 nitrogen and oxygen atoms in total. The molecule has 0 spiro atoms. The highest BCUT2D eigenvalue weighted by molar-refractivity contribution is 4.96. The average Bonchev–Trinajstić information content (AvgIpc) is 3.23. The van der Waals surface area contributed by atoms with Gasteiger partial charge < -0.3 is 18.9 Å². The third kappa shape index (κ3) is 4.63. The van der Waals surface area contributed by atoms with Crippen LogP contribution >= 0.6 is 0 Å². The van der Waals surface area contributed by atoms with Gasteiger partial charge in [-0.15, -0.1) is 0 Å². The molecule has 150 valence electrons. The van der Waals surface area contributed by atoms with Crippen molar-refractivity contribution in [1.29, 1.82) is 0 Å². The summed E-state index contributed by atoms with van der Waals surface area (Å²) in [4.78, 5) is 0. The van der Waals surface area contributed by atoms with Crippen LogP contribution in [-0.2, 0) is 18.9 Å². The van der Waals surface area contributed by atoms with E-state index in [0.717, 1.165) is 36.9 Å². The summed E-state index contributed by atoms with van der Waals surface area (Å²) in [6.07, 6.45) is 11.0. The van der Waals surface area contributed by atoms with Crippen LogP contribution in [0.4, 0.5) is 0 Å². The largest absolute Gasteiger partial charge is 0.373 e. The molecular formula is C22H38O4. The second kappa shape index (κ2) is 8.89. The van der Waals surface area contributed by atoms with Crippen molar-refractivity contribution >= 4 is 0 Å². The molecule has 2 heterocycles. The van der Waals surface area contributed by atoms with E-state index in [9.17, 15) is 0 Å². The number of hydrogen-bond acceptors (Lipinski definition) is 4. The molecule has 0 aromatic carbocycles. The lowest BCUT2D eigenvalue weighted by atomic mass is 9.83. The molecule has 4 fully saturated rings. The van der Waals surface area contributed by atoms with Gasteiger partial charge >= 0.3 is 0 Å². The van der Waals surface area contributed by atoms with Gasteiger partial charge in [-0.3, -0.25) is 0 Å². The van der Waals surface area contributed by atoms with Gasteiger partial charge in [-0.25, -0.2) is 0 Å². The predicted octanol–water partition coefficient (Wildman–Crippen LogP) is 4.21. The van der Waals surface area contributed by atoms with Crippen molar-refractivity contribution in [3.8, 4) is 0 Å². The zero-order valence-electron chi connectivity index (χ0n) is 16.7. The molecule has 2 aliphatic carbocycles.